The number of hydrogen-bond donors (Lipinski definition) is 1. The number of aromatic nitrogens is 2. The van der Waals surface area contributed by atoms with Gasteiger partial charge in [0.05, 0.1) is 16.1 Å². The van der Waals surface area contributed by atoms with E-state index in [2.05, 4.69) is 15.1 Å². The van der Waals surface area contributed by atoms with Crippen LogP contribution in [0.4, 0.5) is 0 Å². The molecule has 1 saturated heterocycles. The first-order valence-corrected chi connectivity index (χ1v) is 9.10. The lowest BCUT2D eigenvalue weighted by Gasteiger charge is -2.44. The summed E-state index contributed by atoms with van der Waals surface area (Å²) in [6.07, 6.45) is 9.31. The average molecular weight is 315 g/mol. The standard InChI is InChI=1S/C17H21N3OS/c21-17(13-10-16(22-11-13)14-7-8-18-19-14)20-9-3-5-12-4-1-2-6-15(12)20/h7-8,10-12,15H,1-6,9H2,(H,18,19). The summed E-state index contributed by atoms with van der Waals surface area (Å²) in [5.41, 5.74) is 1.82. The second-order valence-corrected chi connectivity index (χ2v) is 7.33. The largest absolute Gasteiger partial charge is 0.335 e. The Labute approximate surface area is 134 Å². The maximum atomic E-state index is 12.9. The van der Waals surface area contributed by atoms with Gasteiger partial charge in [-0.3, -0.25) is 9.89 Å². The van der Waals surface area contributed by atoms with E-state index < -0.39 is 0 Å². The van der Waals surface area contributed by atoms with Crippen LogP contribution in [0.1, 0.15) is 48.9 Å². The number of piperidine rings is 1. The number of nitrogens with one attached hydrogen (secondary N) is 1. The molecule has 2 aromatic rings. The third kappa shape index (κ3) is 2.47. The number of carbonyl (C=O) groups is 1. The summed E-state index contributed by atoms with van der Waals surface area (Å²) >= 11 is 1.61. The van der Waals surface area contributed by atoms with Crippen molar-refractivity contribution in [3.8, 4) is 10.6 Å². The third-order valence-corrected chi connectivity index (χ3v) is 6.08. The van der Waals surface area contributed by atoms with Crippen LogP contribution in [0.15, 0.2) is 23.7 Å². The number of likely N-dealkylation sites (tertiary alicyclic amines) is 1. The van der Waals surface area contributed by atoms with Crippen LogP contribution in [0.25, 0.3) is 10.6 Å². The molecule has 4 nitrogen and oxygen atoms in total. The van der Waals surface area contributed by atoms with Crippen molar-refractivity contribution in [1.29, 1.82) is 0 Å². The molecule has 3 heterocycles. The fourth-order valence-electron chi connectivity index (χ4n) is 4.03. The van der Waals surface area contributed by atoms with Gasteiger partial charge >= 0.3 is 0 Å². The van der Waals surface area contributed by atoms with Gasteiger partial charge in [-0.1, -0.05) is 12.8 Å². The Morgan fingerprint density at radius 1 is 1.27 bits per heavy atom. The molecule has 0 aromatic carbocycles. The fourth-order valence-corrected chi connectivity index (χ4v) is 4.88. The Hall–Kier alpha value is -1.62. The van der Waals surface area contributed by atoms with Crippen LogP contribution < -0.4 is 0 Å². The molecule has 2 fully saturated rings. The van der Waals surface area contributed by atoms with E-state index in [0.29, 0.717) is 6.04 Å². The Morgan fingerprint density at radius 3 is 3.00 bits per heavy atom. The van der Waals surface area contributed by atoms with Gasteiger partial charge in [0, 0.05) is 24.2 Å². The molecule has 116 valence electrons. The number of hydrogen-bond acceptors (Lipinski definition) is 3. The minimum Gasteiger partial charge on any atom is -0.335 e. The van der Waals surface area contributed by atoms with Crippen molar-refractivity contribution in [3.63, 3.8) is 0 Å². The summed E-state index contributed by atoms with van der Waals surface area (Å²) in [6, 6.07) is 4.43. The molecule has 1 aliphatic heterocycles. The predicted octanol–water partition coefficient (Wildman–Crippen LogP) is 3.93. The van der Waals surface area contributed by atoms with Gasteiger partial charge in [0.2, 0.25) is 0 Å². The predicted molar refractivity (Wildman–Crippen MR) is 87.9 cm³/mol. The monoisotopic (exact) mass is 315 g/mol. The molecule has 22 heavy (non-hydrogen) atoms. The zero-order valence-electron chi connectivity index (χ0n) is 12.6. The van der Waals surface area contributed by atoms with E-state index in [1.165, 1.54) is 32.1 Å². The lowest BCUT2D eigenvalue weighted by molar-refractivity contribution is 0.0391. The molecule has 2 unspecified atom stereocenters. The highest BCUT2D eigenvalue weighted by Gasteiger charge is 2.36. The summed E-state index contributed by atoms with van der Waals surface area (Å²) in [4.78, 5) is 16.2. The van der Waals surface area contributed by atoms with Gasteiger partial charge in [-0.15, -0.1) is 11.3 Å². The molecule has 1 saturated carbocycles. The second kappa shape index (κ2) is 5.88. The minimum absolute atomic E-state index is 0.221. The first kappa shape index (κ1) is 14.0. The van der Waals surface area contributed by atoms with Gasteiger partial charge in [-0.2, -0.15) is 5.10 Å². The van der Waals surface area contributed by atoms with Gasteiger partial charge in [0.15, 0.2) is 0 Å². The minimum atomic E-state index is 0.221. The summed E-state index contributed by atoms with van der Waals surface area (Å²) < 4.78 is 0. The SMILES string of the molecule is O=C(c1csc(-c2ccn[nH]2)c1)N1CCCC2CCCCC21. The van der Waals surface area contributed by atoms with Crippen molar-refractivity contribution in [3.05, 3.63) is 29.3 Å². The molecular formula is C17H21N3OS. The lowest BCUT2D eigenvalue weighted by atomic mass is 9.78. The zero-order valence-corrected chi connectivity index (χ0v) is 13.4. The van der Waals surface area contributed by atoms with Crippen molar-refractivity contribution in [2.75, 3.05) is 6.54 Å². The van der Waals surface area contributed by atoms with Crippen LogP contribution in [0.5, 0.6) is 0 Å². The summed E-state index contributed by atoms with van der Waals surface area (Å²) in [5, 5.41) is 8.94. The van der Waals surface area contributed by atoms with Crippen molar-refractivity contribution in [1.82, 2.24) is 15.1 Å². The van der Waals surface area contributed by atoms with E-state index in [0.717, 1.165) is 35.0 Å². The highest BCUT2D eigenvalue weighted by Crippen LogP contribution is 2.36. The summed E-state index contributed by atoms with van der Waals surface area (Å²) in [6.45, 7) is 0.926. The van der Waals surface area contributed by atoms with Crippen LogP contribution in [0.2, 0.25) is 0 Å². The zero-order chi connectivity index (χ0) is 14.9. The van der Waals surface area contributed by atoms with E-state index in [1.807, 2.05) is 17.5 Å². The van der Waals surface area contributed by atoms with E-state index in [9.17, 15) is 4.79 Å². The van der Waals surface area contributed by atoms with Crippen LogP contribution >= 0.6 is 11.3 Å². The molecule has 2 aliphatic rings. The maximum Gasteiger partial charge on any atom is 0.254 e. The average Bonchev–Trinajstić information content (AvgIpc) is 3.24. The molecule has 1 N–H and O–H groups in total. The number of aromatic amines is 1. The second-order valence-electron chi connectivity index (χ2n) is 6.42. The highest BCUT2D eigenvalue weighted by molar-refractivity contribution is 7.13. The molecule has 5 heteroatoms. The molecule has 0 bridgehead atoms. The Kier molecular flexibility index (Phi) is 3.74. The molecule has 2 aromatic heterocycles. The first-order chi connectivity index (χ1) is 10.8. The van der Waals surface area contributed by atoms with E-state index in [4.69, 9.17) is 0 Å². The van der Waals surface area contributed by atoms with Gasteiger partial charge in [-0.05, 0) is 43.7 Å². The number of thiophene rings is 1. The number of rotatable bonds is 2. The van der Waals surface area contributed by atoms with Gasteiger partial charge < -0.3 is 4.90 Å². The smallest absolute Gasteiger partial charge is 0.254 e. The summed E-state index contributed by atoms with van der Waals surface area (Å²) in [7, 11) is 0. The molecular weight excluding hydrogens is 294 g/mol. The van der Waals surface area contributed by atoms with Crippen LogP contribution in [0, 0.1) is 5.92 Å². The first-order valence-electron chi connectivity index (χ1n) is 8.22. The topological polar surface area (TPSA) is 49.0 Å². The quantitative estimate of drug-likeness (QED) is 0.912. The third-order valence-electron chi connectivity index (χ3n) is 5.12. The van der Waals surface area contributed by atoms with Gasteiger partial charge in [-0.25, -0.2) is 0 Å². The molecule has 2 atom stereocenters. The molecule has 0 radical (unpaired) electrons. The molecule has 0 spiro atoms. The normalized spacial score (nSPS) is 25.0. The Balaban J connectivity index is 1.56. The van der Waals surface area contributed by atoms with Gasteiger partial charge in [0.1, 0.15) is 0 Å². The Bertz CT molecular complexity index is 647. The molecule has 1 amide bonds. The van der Waals surface area contributed by atoms with E-state index >= 15 is 0 Å². The number of carbonyl (C=O) groups excluding carboxylic acids is 1. The summed E-state index contributed by atoms with van der Waals surface area (Å²) in [5.74, 6) is 0.954. The van der Waals surface area contributed by atoms with E-state index in [-0.39, 0.29) is 5.91 Å². The number of nitrogens with zero attached hydrogens (tertiary/aromatic N) is 2. The highest BCUT2D eigenvalue weighted by atomic mass is 32.1. The molecule has 4 rings (SSSR count). The number of fused-ring (bicyclic) bond motifs is 1. The van der Waals surface area contributed by atoms with Crippen LogP contribution in [-0.4, -0.2) is 33.6 Å². The fraction of sp³-hybridized carbons (Fsp3) is 0.529. The number of H-pyrrole nitrogens is 1. The van der Waals surface area contributed by atoms with Crippen molar-refractivity contribution < 1.29 is 4.79 Å². The lowest BCUT2D eigenvalue weighted by Crippen LogP contribution is -2.49. The van der Waals surface area contributed by atoms with Crippen molar-refractivity contribution in [2.24, 2.45) is 5.92 Å². The van der Waals surface area contributed by atoms with Crippen molar-refractivity contribution in [2.45, 2.75) is 44.6 Å². The maximum absolute atomic E-state index is 12.9. The van der Waals surface area contributed by atoms with E-state index in [1.54, 1.807) is 17.5 Å². The van der Waals surface area contributed by atoms with Crippen LogP contribution in [-0.2, 0) is 0 Å². The van der Waals surface area contributed by atoms with Crippen molar-refractivity contribution >= 4 is 17.2 Å². The van der Waals surface area contributed by atoms with Gasteiger partial charge in [0.25, 0.3) is 5.91 Å². The molecule has 1 aliphatic carbocycles. The number of amides is 1. The Morgan fingerprint density at radius 2 is 2.14 bits per heavy atom. The van der Waals surface area contributed by atoms with Crippen LogP contribution in [0.3, 0.4) is 0 Å².